The number of alkyl halides is 3. The van der Waals surface area contributed by atoms with Crippen LogP contribution < -0.4 is 30.9 Å². The van der Waals surface area contributed by atoms with Crippen molar-refractivity contribution in [3.05, 3.63) is 25.3 Å². The molecule has 0 aromatic heterocycles. The Bertz CT molecular complexity index is 1730. The van der Waals surface area contributed by atoms with Gasteiger partial charge in [-0.25, -0.2) is 37.1 Å². The van der Waals surface area contributed by atoms with Gasteiger partial charge in [0, 0.05) is 13.1 Å². The van der Waals surface area contributed by atoms with Gasteiger partial charge in [0.15, 0.2) is 0 Å². The van der Waals surface area contributed by atoms with Gasteiger partial charge in [-0.15, -0.1) is 13.2 Å². The van der Waals surface area contributed by atoms with Crippen molar-refractivity contribution in [2.24, 2.45) is 11.8 Å². The van der Waals surface area contributed by atoms with Gasteiger partial charge in [0.1, 0.15) is 42.9 Å². The molecule has 0 aliphatic carbocycles. The van der Waals surface area contributed by atoms with Gasteiger partial charge >= 0.3 is 11.9 Å². The zero-order valence-electron chi connectivity index (χ0n) is 33.8. The van der Waals surface area contributed by atoms with Crippen LogP contribution in [0.3, 0.4) is 0 Å². The van der Waals surface area contributed by atoms with E-state index in [-0.39, 0.29) is 23.3 Å². The highest BCUT2D eigenvalue weighted by Crippen LogP contribution is 2.26. The lowest BCUT2D eigenvalue weighted by Crippen LogP contribution is -2.61. The molecule has 2 heterocycles. The van der Waals surface area contributed by atoms with E-state index in [9.17, 15) is 45.6 Å². The SMILES string of the molecule is C=CCS(=O)(=O)N[C@H](C(=O)N[C@@H](C)C(=O)N1CCC[C@@H](C(=O)O)N1)C(C)C.C=CCS(=O)(=O)N[C@H](C(=O)N[C@@H](C)C(=O)N1CCC[C@@H](C(=O)OCC(Cl)(Cl)Cl)N1)C(C)C. The van der Waals surface area contributed by atoms with Crippen molar-refractivity contribution in [1.29, 1.82) is 0 Å². The number of carbonyl (C=O) groups is 6. The fourth-order valence-corrected chi connectivity index (χ4v) is 7.98. The number of amides is 4. The smallest absolute Gasteiger partial charge is 0.325 e. The molecule has 59 heavy (non-hydrogen) atoms. The van der Waals surface area contributed by atoms with Gasteiger partial charge in [-0.05, 0) is 51.4 Å². The summed E-state index contributed by atoms with van der Waals surface area (Å²) in [7, 11) is -7.46. The number of carbonyl (C=O) groups excluding carboxylic acids is 5. The van der Waals surface area contributed by atoms with Crippen molar-refractivity contribution >= 4 is 90.4 Å². The molecular formula is C34H57Cl3N8O12S2. The van der Waals surface area contributed by atoms with E-state index in [4.69, 9.17) is 44.6 Å². The van der Waals surface area contributed by atoms with Crippen LogP contribution in [0.5, 0.6) is 0 Å². The first-order chi connectivity index (χ1) is 27.1. The van der Waals surface area contributed by atoms with Gasteiger partial charge in [0.2, 0.25) is 35.7 Å². The number of sulfonamides is 2. The summed E-state index contributed by atoms with van der Waals surface area (Å²) in [5, 5.41) is 16.5. The number of ether oxygens (including phenoxy) is 1. The average molecular weight is 940 g/mol. The maximum absolute atomic E-state index is 12.8. The van der Waals surface area contributed by atoms with Gasteiger partial charge in [0.05, 0.1) is 11.5 Å². The normalized spacial score (nSPS) is 19.6. The minimum atomic E-state index is -3.75. The van der Waals surface area contributed by atoms with Crippen LogP contribution in [0.2, 0.25) is 0 Å². The number of hydrogen-bond acceptors (Lipinski definition) is 13. The molecule has 2 aliphatic rings. The number of halogens is 3. The average Bonchev–Trinajstić information content (AvgIpc) is 3.14. The molecule has 25 heteroatoms. The van der Waals surface area contributed by atoms with Crippen LogP contribution in [0.4, 0.5) is 0 Å². The molecule has 0 bridgehead atoms. The van der Waals surface area contributed by atoms with Crippen LogP contribution in [0.25, 0.3) is 0 Å². The third kappa shape index (κ3) is 19.4. The van der Waals surface area contributed by atoms with Crippen LogP contribution in [-0.4, -0.2) is 139 Å². The van der Waals surface area contributed by atoms with Crippen molar-refractivity contribution in [1.82, 2.24) is 40.9 Å². The summed E-state index contributed by atoms with van der Waals surface area (Å²) in [5.41, 5.74) is 5.38. The van der Waals surface area contributed by atoms with Crippen LogP contribution in [0.15, 0.2) is 25.3 Å². The Kier molecular flexibility index (Phi) is 22.3. The molecule has 6 atom stereocenters. The van der Waals surface area contributed by atoms with Gasteiger partial charge in [-0.2, -0.15) is 0 Å². The summed E-state index contributed by atoms with van der Waals surface area (Å²) >= 11 is 16.7. The number of rotatable bonds is 19. The summed E-state index contributed by atoms with van der Waals surface area (Å²) in [6.45, 7) is 16.6. The summed E-state index contributed by atoms with van der Waals surface area (Å²) in [6.07, 6.45) is 4.25. The third-order valence-corrected chi connectivity index (χ3v) is 11.4. The number of nitrogens with one attached hydrogen (secondary N) is 6. The topological polar surface area (TPSA) is 279 Å². The fourth-order valence-electron chi connectivity index (χ4n) is 5.47. The first kappa shape index (κ1) is 53.9. The first-order valence-electron chi connectivity index (χ1n) is 18.6. The lowest BCUT2D eigenvalue weighted by atomic mass is 10.0. The molecule has 2 saturated heterocycles. The predicted molar refractivity (Wildman–Crippen MR) is 221 cm³/mol. The number of esters is 1. The van der Waals surface area contributed by atoms with Crippen molar-refractivity contribution in [3.8, 4) is 0 Å². The van der Waals surface area contributed by atoms with Crippen LogP contribution in [0, 0.1) is 11.8 Å². The minimum Gasteiger partial charge on any atom is -0.480 e. The molecule has 7 N–H and O–H groups in total. The Morgan fingerprint density at radius 1 is 0.746 bits per heavy atom. The molecular weight excluding hydrogens is 883 g/mol. The first-order valence-corrected chi connectivity index (χ1v) is 23.0. The maximum atomic E-state index is 12.8. The van der Waals surface area contributed by atoms with Gasteiger partial charge in [-0.3, -0.25) is 38.8 Å². The fraction of sp³-hybridized carbons (Fsp3) is 0.706. The standard InChI is InChI=1S/C18H29Cl3N4O6S.C16H28N4O6S/c1-5-9-32(29,30)24-14(11(2)3)15(26)22-12(4)16(27)25-8-6-7-13(23-25)17(28)31-10-18(19,20)21;1-5-9-27(25,26)19-13(10(2)3)14(21)17-11(4)15(22)20-8-6-7-12(18-20)16(23)24/h5,11-14,23-24H,1,6-10H2,2-4H3,(H,22,26);5,10-13,18-19H,1,6-9H2,2-4H3,(H,17,21)(H,23,24)/t12-,13-,14-;11-,12-,13-/m00/s1. The van der Waals surface area contributed by atoms with Crippen LogP contribution in [-0.2, 0) is 53.6 Å². The Hall–Kier alpha value is -3.09. The monoisotopic (exact) mass is 938 g/mol. The van der Waals surface area contributed by atoms with E-state index in [1.54, 1.807) is 27.7 Å². The Balaban J connectivity index is 0.000000599. The van der Waals surface area contributed by atoms with Crippen LogP contribution >= 0.6 is 34.8 Å². The largest absolute Gasteiger partial charge is 0.480 e. The molecule has 0 unspecified atom stereocenters. The summed E-state index contributed by atoms with van der Waals surface area (Å²) in [6, 6.07) is -5.75. The summed E-state index contributed by atoms with van der Waals surface area (Å²) in [5.74, 6) is -5.41. The second-order valence-corrected chi connectivity index (χ2v) is 20.6. The molecule has 2 aliphatic heterocycles. The zero-order chi connectivity index (χ0) is 45.5. The maximum Gasteiger partial charge on any atom is 0.325 e. The molecule has 2 fully saturated rings. The number of hydrogen-bond donors (Lipinski definition) is 7. The Morgan fingerprint density at radius 3 is 1.46 bits per heavy atom. The molecule has 20 nitrogen and oxygen atoms in total. The van der Waals surface area contributed by atoms with E-state index in [1.165, 1.54) is 36.0 Å². The quantitative estimate of drug-likeness (QED) is 0.0519. The minimum absolute atomic E-state index is 0.298. The van der Waals surface area contributed by atoms with E-state index in [0.717, 1.165) is 0 Å². The molecule has 338 valence electrons. The molecule has 0 radical (unpaired) electrons. The van der Waals surface area contributed by atoms with Gasteiger partial charge in [-0.1, -0.05) is 74.6 Å². The third-order valence-electron chi connectivity index (χ3n) is 8.51. The van der Waals surface area contributed by atoms with E-state index in [2.05, 4.69) is 44.1 Å². The number of nitrogens with zero attached hydrogens (tertiary/aromatic N) is 2. The molecule has 0 spiro atoms. The van der Waals surface area contributed by atoms with E-state index in [1.807, 2.05) is 0 Å². The lowest BCUT2D eigenvalue weighted by Gasteiger charge is -2.34. The van der Waals surface area contributed by atoms with Crippen molar-refractivity contribution < 1.29 is 55.4 Å². The van der Waals surface area contributed by atoms with Crippen molar-refractivity contribution in [2.45, 2.75) is 107 Å². The second kappa shape index (κ2) is 24.4. The molecule has 2 rings (SSSR count). The predicted octanol–water partition coefficient (Wildman–Crippen LogP) is 0.231. The zero-order valence-corrected chi connectivity index (χ0v) is 37.7. The van der Waals surface area contributed by atoms with Crippen LogP contribution in [0.1, 0.15) is 67.2 Å². The highest BCUT2D eigenvalue weighted by atomic mass is 35.6. The molecule has 0 aromatic carbocycles. The highest BCUT2D eigenvalue weighted by molar-refractivity contribution is 7.89. The summed E-state index contributed by atoms with van der Waals surface area (Å²) in [4.78, 5) is 73.7. The summed E-state index contributed by atoms with van der Waals surface area (Å²) < 4.78 is 55.7. The van der Waals surface area contributed by atoms with E-state index < -0.39 is 102 Å². The highest BCUT2D eigenvalue weighted by Gasteiger charge is 2.36. The van der Waals surface area contributed by atoms with E-state index >= 15 is 0 Å². The van der Waals surface area contributed by atoms with Gasteiger partial charge in [0.25, 0.3) is 11.8 Å². The number of carboxylic acid groups (broad SMARTS) is 1. The molecule has 0 saturated carbocycles. The van der Waals surface area contributed by atoms with Crippen molar-refractivity contribution in [3.63, 3.8) is 0 Å². The van der Waals surface area contributed by atoms with Gasteiger partial charge < -0.3 is 20.5 Å². The lowest BCUT2D eigenvalue weighted by molar-refractivity contribution is -0.153. The Labute approximate surface area is 360 Å². The second-order valence-electron chi connectivity index (χ2n) is 14.5. The van der Waals surface area contributed by atoms with Crippen molar-refractivity contribution in [2.75, 3.05) is 31.2 Å². The Morgan fingerprint density at radius 2 is 1.12 bits per heavy atom. The molecule has 4 amide bonds. The number of carboxylic acids is 1. The van der Waals surface area contributed by atoms with E-state index in [0.29, 0.717) is 38.8 Å². The number of aliphatic carboxylic acids is 1. The number of hydrazine groups is 2. The molecule has 0 aromatic rings.